The summed E-state index contributed by atoms with van der Waals surface area (Å²) < 4.78 is 10.3. The van der Waals surface area contributed by atoms with E-state index < -0.39 is 0 Å². The fourth-order valence-corrected chi connectivity index (χ4v) is 4.55. The van der Waals surface area contributed by atoms with Gasteiger partial charge in [-0.05, 0) is 32.6 Å². The lowest BCUT2D eigenvalue weighted by Crippen LogP contribution is -2.37. The maximum Gasteiger partial charge on any atom is 0.227 e. The molecule has 0 aliphatic carbocycles. The smallest absolute Gasteiger partial charge is 0.227 e. The van der Waals surface area contributed by atoms with Crippen molar-refractivity contribution in [3.8, 4) is 0 Å². The maximum atomic E-state index is 5.15. The van der Waals surface area contributed by atoms with Crippen molar-refractivity contribution in [1.29, 1.82) is 0 Å². The lowest BCUT2D eigenvalue weighted by molar-refractivity contribution is 0.375. The Morgan fingerprint density at radius 2 is 1.26 bits per heavy atom. The molecular formula is C21H28N8O2. The van der Waals surface area contributed by atoms with Crippen molar-refractivity contribution < 1.29 is 9.05 Å². The molecule has 164 valence electrons. The van der Waals surface area contributed by atoms with E-state index in [-0.39, 0.29) is 0 Å². The molecule has 2 aliphatic rings. The molecule has 0 bridgehead atoms. The van der Waals surface area contributed by atoms with Gasteiger partial charge >= 0.3 is 0 Å². The van der Waals surface area contributed by atoms with Crippen LogP contribution in [0.3, 0.4) is 0 Å². The molecule has 2 fully saturated rings. The minimum absolute atomic E-state index is 0.339. The largest absolute Gasteiger partial charge is 0.356 e. The summed E-state index contributed by atoms with van der Waals surface area (Å²) in [5.74, 6) is 5.44. The summed E-state index contributed by atoms with van der Waals surface area (Å²) >= 11 is 0. The van der Waals surface area contributed by atoms with Crippen LogP contribution in [0, 0.1) is 20.8 Å². The Balaban J connectivity index is 1.24. The molecular weight excluding hydrogens is 396 g/mol. The van der Waals surface area contributed by atoms with Crippen LogP contribution >= 0.6 is 0 Å². The van der Waals surface area contributed by atoms with Crippen molar-refractivity contribution in [2.75, 3.05) is 36.0 Å². The number of rotatable bonds is 4. The summed E-state index contributed by atoms with van der Waals surface area (Å²) in [6.07, 6.45) is 5.88. The van der Waals surface area contributed by atoms with Crippen LogP contribution in [-0.4, -0.2) is 56.4 Å². The van der Waals surface area contributed by atoms with Crippen LogP contribution in [0.15, 0.2) is 15.2 Å². The van der Waals surface area contributed by atoms with E-state index in [1.807, 2.05) is 20.0 Å². The average molecular weight is 425 g/mol. The predicted molar refractivity (Wildman–Crippen MR) is 113 cm³/mol. The third kappa shape index (κ3) is 4.11. The number of nitrogens with zero attached hydrogens (tertiary/aromatic N) is 8. The summed E-state index contributed by atoms with van der Waals surface area (Å²) in [7, 11) is 0. The molecule has 31 heavy (non-hydrogen) atoms. The zero-order valence-electron chi connectivity index (χ0n) is 18.3. The Labute approximate surface area is 181 Å². The first kappa shape index (κ1) is 19.9. The lowest BCUT2D eigenvalue weighted by Gasteiger charge is -2.34. The molecule has 2 saturated heterocycles. The Morgan fingerprint density at radius 3 is 1.74 bits per heavy atom. The summed E-state index contributed by atoms with van der Waals surface area (Å²) in [6.45, 7) is 9.38. The van der Waals surface area contributed by atoms with Crippen molar-refractivity contribution in [2.45, 2.75) is 58.3 Å². The molecule has 0 unspecified atom stereocenters. The molecule has 0 radical (unpaired) electrons. The quantitative estimate of drug-likeness (QED) is 0.620. The van der Waals surface area contributed by atoms with Gasteiger partial charge in [0, 0.05) is 63.6 Å². The molecule has 3 aromatic heterocycles. The first-order valence-corrected chi connectivity index (χ1v) is 11.0. The van der Waals surface area contributed by atoms with Crippen LogP contribution in [0.2, 0.25) is 0 Å². The number of hydrogen-bond donors (Lipinski definition) is 0. The second-order valence-electron chi connectivity index (χ2n) is 8.54. The molecule has 0 aromatic carbocycles. The lowest BCUT2D eigenvalue weighted by atomic mass is 9.96. The van der Waals surface area contributed by atoms with Crippen LogP contribution in [0.25, 0.3) is 0 Å². The maximum absolute atomic E-state index is 5.15. The number of hydrogen-bond acceptors (Lipinski definition) is 10. The standard InChI is InChI=1S/C21H28N8O2/c1-13-12-22-21(29-10-6-17(7-11-29)19-24-15(3)31-27-19)25-20(13)28-8-4-16(5-9-28)18-23-14(2)30-26-18/h12,16-17H,4-11H2,1-3H3. The van der Waals surface area contributed by atoms with Gasteiger partial charge in [-0.1, -0.05) is 10.3 Å². The molecule has 2 aliphatic heterocycles. The Hall–Kier alpha value is -3.04. The highest BCUT2D eigenvalue weighted by molar-refractivity contribution is 5.50. The molecule has 0 atom stereocenters. The van der Waals surface area contributed by atoms with E-state index in [1.54, 1.807) is 0 Å². The molecule has 0 amide bonds. The van der Waals surface area contributed by atoms with Crippen LogP contribution in [-0.2, 0) is 0 Å². The number of aryl methyl sites for hydroxylation is 3. The van der Waals surface area contributed by atoms with Gasteiger partial charge in [0.1, 0.15) is 5.82 Å². The molecule has 0 spiro atoms. The van der Waals surface area contributed by atoms with E-state index in [9.17, 15) is 0 Å². The van der Waals surface area contributed by atoms with Gasteiger partial charge in [0.05, 0.1) is 0 Å². The number of anilines is 2. The highest BCUT2D eigenvalue weighted by Gasteiger charge is 2.28. The zero-order chi connectivity index (χ0) is 21.4. The third-order valence-electron chi connectivity index (χ3n) is 6.32. The summed E-state index contributed by atoms with van der Waals surface area (Å²) in [6, 6.07) is 0. The highest BCUT2D eigenvalue weighted by Crippen LogP contribution is 2.32. The van der Waals surface area contributed by atoms with Gasteiger partial charge in [0.2, 0.25) is 17.7 Å². The van der Waals surface area contributed by atoms with Gasteiger partial charge in [0.25, 0.3) is 0 Å². The van der Waals surface area contributed by atoms with Crippen molar-refractivity contribution in [2.24, 2.45) is 0 Å². The first-order valence-electron chi connectivity index (χ1n) is 11.0. The third-order valence-corrected chi connectivity index (χ3v) is 6.32. The Bertz CT molecular complexity index is 1030. The minimum Gasteiger partial charge on any atom is -0.356 e. The summed E-state index contributed by atoms with van der Waals surface area (Å²) in [5, 5.41) is 8.20. The fraction of sp³-hybridized carbons (Fsp3) is 0.619. The molecule has 3 aromatic rings. The van der Waals surface area contributed by atoms with Crippen LogP contribution in [0.1, 0.15) is 66.5 Å². The minimum atomic E-state index is 0.339. The van der Waals surface area contributed by atoms with Crippen LogP contribution < -0.4 is 9.80 Å². The first-order chi connectivity index (χ1) is 15.1. The van der Waals surface area contributed by atoms with Crippen LogP contribution in [0.4, 0.5) is 11.8 Å². The molecule has 5 heterocycles. The SMILES string of the molecule is Cc1nc(C2CCN(c3ncc(C)c(N4CCC(c5noc(C)n5)CC4)n3)CC2)no1. The van der Waals surface area contributed by atoms with Crippen molar-refractivity contribution >= 4 is 11.8 Å². The van der Waals surface area contributed by atoms with E-state index in [0.29, 0.717) is 23.6 Å². The van der Waals surface area contributed by atoms with E-state index in [1.165, 1.54) is 0 Å². The average Bonchev–Trinajstić information content (AvgIpc) is 3.43. The molecule has 10 nitrogen and oxygen atoms in total. The molecule has 10 heteroatoms. The van der Waals surface area contributed by atoms with Gasteiger partial charge in [-0.3, -0.25) is 0 Å². The highest BCUT2D eigenvalue weighted by atomic mass is 16.5. The monoisotopic (exact) mass is 424 g/mol. The second-order valence-corrected chi connectivity index (χ2v) is 8.54. The number of piperidine rings is 2. The Kier molecular flexibility index (Phi) is 5.29. The van der Waals surface area contributed by atoms with Crippen molar-refractivity contribution in [3.63, 3.8) is 0 Å². The van der Waals surface area contributed by atoms with E-state index in [2.05, 4.69) is 42.0 Å². The normalized spacial score (nSPS) is 18.7. The fourth-order valence-electron chi connectivity index (χ4n) is 4.55. The Morgan fingerprint density at radius 1 is 0.742 bits per heavy atom. The van der Waals surface area contributed by atoms with E-state index in [0.717, 1.165) is 80.8 Å². The summed E-state index contributed by atoms with van der Waals surface area (Å²) in [4.78, 5) is 23.0. The van der Waals surface area contributed by atoms with E-state index in [4.69, 9.17) is 14.0 Å². The van der Waals surface area contributed by atoms with Gasteiger partial charge in [0.15, 0.2) is 11.6 Å². The molecule has 0 saturated carbocycles. The van der Waals surface area contributed by atoms with Gasteiger partial charge < -0.3 is 18.8 Å². The van der Waals surface area contributed by atoms with Gasteiger partial charge in [-0.25, -0.2) is 4.98 Å². The van der Waals surface area contributed by atoms with Gasteiger partial charge in [-0.15, -0.1) is 0 Å². The van der Waals surface area contributed by atoms with Crippen molar-refractivity contribution in [1.82, 2.24) is 30.2 Å². The second kappa shape index (κ2) is 8.24. The number of aromatic nitrogens is 6. The zero-order valence-corrected chi connectivity index (χ0v) is 18.3. The summed E-state index contributed by atoms with van der Waals surface area (Å²) in [5.41, 5.74) is 1.11. The topological polar surface area (TPSA) is 110 Å². The predicted octanol–water partition coefficient (Wildman–Crippen LogP) is 2.94. The van der Waals surface area contributed by atoms with Crippen molar-refractivity contribution in [3.05, 3.63) is 35.2 Å². The van der Waals surface area contributed by atoms with E-state index >= 15 is 0 Å². The van der Waals surface area contributed by atoms with Gasteiger partial charge in [-0.2, -0.15) is 15.0 Å². The van der Waals surface area contributed by atoms with Crippen LogP contribution in [0.5, 0.6) is 0 Å². The molecule has 5 rings (SSSR count). The molecule has 0 N–H and O–H groups in total.